The topological polar surface area (TPSA) is 35.5 Å². The van der Waals surface area contributed by atoms with Gasteiger partial charge in [-0.15, -0.1) is 0 Å². The number of alkyl halides is 22. The number of carbonyl (C=O) groups excluding carboxylic acids is 1. The summed E-state index contributed by atoms with van der Waals surface area (Å²) in [7, 11) is 0. The molecule has 2 unspecified atom stereocenters. The van der Waals surface area contributed by atoms with Crippen molar-refractivity contribution in [3.63, 3.8) is 0 Å². The van der Waals surface area contributed by atoms with Crippen LogP contribution in [0.2, 0.25) is 0 Å². The van der Waals surface area contributed by atoms with E-state index in [1.54, 1.807) is 0 Å². The molecule has 0 aromatic rings. The van der Waals surface area contributed by atoms with Crippen molar-refractivity contribution in [1.29, 1.82) is 0 Å². The number of hydrogen-bond donors (Lipinski definition) is 0. The van der Waals surface area contributed by atoms with Crippen LogP contribution in [0.5, 0.6) is 0 Å². The molecule has 36 heavy (non-hydrogen) atoms. The van der Waals surface area contributed by atoms with Crippen LogP contribution in [0.3, 0.4) is 0 Å². The van der Waals surface area contributed by atoms with E-state index in [1.165, 1.54) is 0 Å². The minimum Gasteiger partial charge on any atom is -0.286 e. The second kappa shape index (κ2) is 8.54. The van der Waals surface area contributed by atoms with Gasteiger partial charge in [0.2, 0.25) is 0 Å². The summed E-state index contributed by atoms with van der Waals surface area (Å²) in [5.41, 5.74) is 0. The molecule has 0 bridgehead atoms. The Bertz CT molecular complexity index is 815. The van der Waals surface area contributed by atoms with Crippen molar-refractivity contribution >= 4 is 5.78 Å². The zero-order valence-electron chi connectivity index (χ0n) is 15.0. The summed E-state index contributed by atoms with van der Waals surface area (Å²) in [5.74, 6) is -38.3. The number of ketones is 1. The first-order valence-corrected chi connectivity index (χ1v) is 7.18. The highest BCUT2D eigenvalue weighted by molar-refractivity contribution is 5.93. The van der Waals surface area contributed by atoms with Crippen LogP contribution in [0.1, 0.15) is 0 Å². The Morgan fingerprint density at radius 1 is 0.417 bits per heavy atom. The predicted molar refractivity (Wildman–Crippen MR) is 58.9 cm³/mol. The molecular formula is C11F22O3. The van der Waals surface area contributed by atoms with Gasteiger partial charge in [-0.25, -0.2) is 0 Å². The normalized spacial score (nSPS) is 19.1. The lowest BCUT2D eigenvalue weighted by atomic mass is 10.1. The van der Waals surface area contributed by atoms with Gasteiger partial charge in [0, 0.05) is 0 Å². The molecule has 0 aliphatic rings. The first-order valence-electron chi connectivity index (χ1n) is 7.18. The monoisotopic (exact) mass is 598 g/mol. The third-order valence-electron chi connectivity index (χ3n) is 3.30. The van der Waals surface area contributed by atoms with E-state index in [4.69, 9.17) is 0 Å². The fourth-order valence-corrected chi connectivity index (χ4v) is 1.49. The van der Waals surface area contributed by atoms with Crippen molar-refractivity contribution in [2.45, 2.75) is 60.5 Å². The molecular weight excluding hydrogens is 598 g/mol. The molecule has 0 amide bonds. The molecule has 0 saturated heterocycles. The minimum absolute atomic E-state index is 1.01. The van der Waals surface area contributed by atoms with Gasteiger partial charge in [-0.2, -0.15) is 96.6 Å². The maximum absolute atomic E-state index is 13.7. The Kier molecular flexibility index (Phi) is 8.08. The lowest BCUT2D eigenvalue weighted by Crippen LogP contribution is -2.69. The van der Waals surface area contributed by atoms with Crippen LogP contribution in [0.4, 0.5) is 96.6 Å². The van der Waals surface area contributed by atoms with E-state index in [-0.39, 0.29) is 0 Å². The fourth-order valence-electron chi connectivity index (χ4n) is 1.49. The number of rotatable bonds is 8. The summed E-state index contributed by atoms with van der Waals surface area (Å²) in [6, 6.07) is 0. The number of Topliss-reactive ketones (excluding diaryl/α,β-unsaturated/α-hetero) is 1. The highest BCUT2D eigenvalue weighted by atomic mass is 19.4. The summed E-state index contributed by atoms with van der Waals surface area (Å²) >= 11 is 0. The van der Waals surface area contributed by atoms with Gasteiger partial charge in [0.1, 0.15) is 0 Å². The molecule has 2 atom stereocenters. The highest BCUT2D eigenvalue weighted by Gasteiger charge is 2.87. The van der Waals surface area contributed by atoms with Gasteiger partial charge in [-0.05, 0) is 0 Å². The van der Waals surface area contributed by atoms with Gasteiger partial charge in [0.15, 0.2) is 0 Å². The molecule has 0 aromatic carbocycles. The number of hydrogen-bond acceptors (Lipinski definition) is 3. The second-order valence-corrected chi connectivity index (χ2v) is 5.90. The number of ether oxygens (including phenoxy) is 2. The van der Waals surface area contributed by atoms with Gasteiger partial charge >= 0.3 is 60.5 Å². The van der Waals surface area contributed by atoms with E-state index >= 15 is 0 Å². The predicted octanol–water partition coefficient (Wildman–Crippen LogP) is 6.63. The molecule has 0 radical (unpaired) electrons. The molecule has 0 rings (SSSR count). The number of carbonyl (C=O) groups is 1. The van der Waals surface area contributed by atoms with Gasteiger partial charge in [0.25, 0.3) is 5.78 Å². The Labute approximate surface area is 178 Å². The van der Waals surface area contributed by atoms with Gasteiger partial charge in [-0.3, -0.25) is 14.3 Å². The SMILES string of the molecule is O=C(C(F)(F)C(F)(F)F)C(F)(OC(F)(F)C(F)(OC(F)(F)C(F)(F)C(F)(F)F)C(F)(F)F)C(F)(F)F. The third-order valence-corrected chi connectivity index (χ3v) is 3.30. The van der Waals surface area contributed by atoms with Crippen molar-refractivity contribution in [3.05, 3.63) is 0 Å². The summed E-state index contributed by atoms with van der Waals surface area (Å²) in [6.07, 6.45) is -48.7. The Hall–Kier alpha value is -1.95. The van der Waals surface area contributed by atoms with Crippen molar-refractivity contribution in [2.24, 2.45) is 0 Å². The van der Waals surface area contributed by atoms with Crippen LogP contribution in [0.15, 0.2) is 0 Å². The van der Waals surface area contributed by atoms with E-state index in [0.29, 0.717) is 0 Å². The van der Waals surface area contributed by atoms with Crippen molar-refractivity contribution in [3.8, 4) is 0 Å². The molecule has 0 spiro atoms. The van der Waals surface area contributed by atoms with Gasteiger partial charge < -0.3 is 0 Å². The van der Waals surface area contributed by atoms with E-state index in [9.17, 15) is 101 Å². The smallest absolute Gasteiger partial charge is 0.286 e. The van der Waals surface area contributed by atoms with Gasteiger partial charge in [-0.1, -0.05) is 0 Å². The van der Waals surface area contributed by atoms with E-state index in [2.05, 4.69) is 0 Å². The Morgan fingerprint density at radius 3 is 1.03 bits per heavy atom. The van der Waals surface area contributed by atoms with Crippen molar-refractivity contribution in [1.82, 2.24) is 0 Å². The summed E-state index contributed by atoms with van der Waals surface area (Å²) in [6.45, 7) is 0. The fraction of sp³-hybridized carbons (Fsp3) is 0.909. The maximum Gasteiger partial charge on any atom is 0.462 e. The lowest BCUT2D eigenvalue weighted by molar-refractivity contribution is -0.548. The lowest BCUT2D eigenvalue weighted by Gasteiger charge is -2.40. The van der Waals surface area contributed by atoms with Crippen LogP contribution in [0.25, 0.3) is 0 Å². The van der Waals surface area contributed by atoms with Crippen LogP contribution in [0, 0.1) is 0 Å². The van der Waals surface area contributed by atoms with E-state index in [0.717, 1.165) is 9.47 Å². The van der Waals surface area contributed by atoms with Gasteiger partial charge in [0.05, 0.1) is 0 Å². The average molecular weight is 598 g/mol. The van der Waals surface area contributed by atoms with Crippen molar-refractivity contribution in [2.75, 3.05) is 0 Å². The molecule has 0 aromatic heterocycles. The molecule has 3 nitrogen and oxygen atoms in total. The quantitative estimate of drug-likeness (QED) is 0.295. The molecule has 0 aliphatic carbocycles. The van der Waals surface area contributed by atoms with Crippen LogP contribution in [-0.2, 0) is 14.3 Å². The molecule has 216 valence electrons. The standard InChI is InChI=1S/C11F22O3/c12-2(13,6(18,19)20)1(34)3(14,7(21,22)23)35-11(32,33)5(17,9(27,28)29)36-10(30,31)4(15,16)8(24,25)26. The third kappa shape index (κ3) is 5.34. The zero-order chi connectivity index (χ0) is 30.0. The summed E-state index contributed by atoms with van der Waals surface area (Å²) in [4.78, 5) is 10.7. The van der Waals surface area contributed by atoms with E-state index in [1.807, 2.05) is 0 Å². The molecule has 0 heterocycles. The Balaban J connectivity index is 7.06. The molecule has 25 heteroatoms. The minimum atomic E-state index is -8.56. The second-order valence-electron chi connectivity index (χ2n) is 5.90. The van der Waals surface area contributed by atoms with E-state index < -0.39 is 66.3 Å². The Morgan fingerprint density at radius 2 is 0.778 bits per heavy atom. The van der Waals surface area contributed by atoms with Crippen LogP contribution >= 0.6 is 0 Å². The molecule has 0 saturated carbocycles. The summed E-state index contributed by atoms with van der Waals surface area (Å²) < 4.78 is 280. The zero-order valence-corrected chi connectivity index (χ0v) is 15.0. The number of halogens is 22. The average Bonchev–Trinajstić information content (AvgIpc) is 2.55. The maximum atomic E-state index is 13.7. The molecule has 0 aliphatic heterocycles. The first kappa shape index (κ1) is 34.0. The molecule has 0 fully saturated rings. The summed E-state index contributed by atoms with van der Waals surface area (Å²) in [5, 5.41) is 0. The van der Waals surface area contributed by atoms with Crippen molar-refractivity contribution < 1.29 is 111 Å². The highest BCUT2D eigenvalue weighted by Crippen LogP contribution is 2.57. The van der Waals surface area contributed by atoms with Crippen LogP contribution in [-0.4, -0.2) is 66.3 Å². The molecule has 0 N–H and O–H groups in total. The van der Waals surface area contributed by atoms with Crippen LogP contribution < -0.4 is 0 Å². The first-order chi connectivity index (χ1) is 15.1. The largest absolute Gasteiger partial charge is 0.462 e.